The molecule has 0 atom stereocenters. The van der Waals surface area contributed by atoms with Crippen molar-refractivity contribution in [1.82, 2.24) is 4.98 Å². The number of para-hydroxylation sites is 1. The van der Waals surface area contributed by atoms with Crippen molar-refractivity contribution < 1.29 is 9.18 Å². The van der Waals surface area contributed by atoms with Crippen LogP contribution >= 0.6 is 23.1 Å². The number of thiazole rings is 1. The Kier molecular flexibility index (Phi) is 6.57. The summed E-state index contributed by atoms with van der Waals surface area (Å²) >= 11 is 3.09. The third-order valence-corrected chi connectivity index (χ3v) is 6.45. The van der Waals surface area contributed by atoms with Crippen LogP contribution in [0.2, 0.25) is 0 Å². The lowest BCUT2D eigenvalue weighted by atomic mass is 10.2. The Morgan fingerprint density at radius 3 is 2.63 bits per heavy atom. The number of nitrogens with one attached hydrogen (secondary N) is 1. The van der Waals surface area contributed by atoms with Gasteiger partial charge in [0.25, 0.3) is 0 Å². The van der Waals surface area contributed by atoms with Crippen LogP contribution in [0.25, 0.3) is 10.6 Å². The molecule has 0 bridgehead atoms. The summed E-state index contributed by atoms with van der Waals surface area (Å²) in [5.74, 6) is 0.405. The quantitative estimate of drug-likeness (QED) is 0.341. The Labute approximate surface area is 183 Å². The zero-order valence-corrected chi connectivity index (χ0v) is 17.7. The maximum Gasteiger partial charge on any atom is 0.230 e. The topological polar surface area (TPSA) is 42.0 Å². The molecule has 0 radical (unpaired) electrons. The minimum absolute atomic E-state index is 0.126. The molecule has 3 nitrogen and oxygen atoms in total. The van der Waals surface area contributed by atoms with E-state index in [2.05, 4.69) is 22.4 Å². The van der Waals surface area contributed by atoms with Gasteiger partial charge in [0, 0.05) is 21.6 Å². The monoisotopic (exact) mass is 434 g/mol. The molecule has 0 saturated carbocycles. The number of carbonyl (C=O) groups excluding carboxylic acids is 1. The minimum Gasteiger partial charge on any atom is -0.325 e. The molecule has 1 N–H and O–H groups in total. The molecule has 1 amide bonds. The fourth-order valence-electron chi connectivity index (χ4n) is 2.93. The van der Waals surface area contributed by atoms with E-state index in [1.54, 1.807) is 17.8 Å². The van der Waals surface area contributed by atoms with Crippen molar-refractivity contribution in [3.05, 3.63) is 101 Å². The van der Waals surface area contributed by atoms with Crippen LogP contribution in [-0.2, 0) is 17.0 Å². The highest BCUT2D eigenvalue weighted by Crippen LogP contribution is 2.30. The highest BCUT2D eigenvalue weighted by atomic mass is 32.2. The van der Waals surface area contributed by atoms with Crippen molar-refractivity contribution in [2.45, 2.75) is 17.1 Å². The number of nitrogens with zero attached hydrogens (tertiary/aromatic N) is 1. The Hall–Kier alpha value is -2.96. The fraction of sp³-hybridized carbons (Fsp3) is 0.0833. The number of hydrogen-bond acceptors (Lipinski definition) is 4. The number of anilines is 1. The van der Waals surface area contributed by atoms with E-state index in [0.717, 1.165) is 16.3 Å². The molecule has 1 heterocycles. The molecular formula is C24H19FN2OS2. The maximum atomic E-state index is 13.4. The van der Waals surface area contributed by atoms with Gasteiger partial charge in [-0.05, 0) is 29.8 Å². The van der Waals surface area contributed by atoms with E-state index in [-0.39, 0.29) is 18.1 Å². The number of amides is 1. The van der Waals surface area contributed by atoms with Gasteiger partial charge in [-0.15, -0.1) is 23.1 Å². The molecular weight excluding hydrogens is 415 g/mol. The van der Waals surface area contributed by atoms with Gasteiger partial charge in [-0.3, -0.25) is 4.79 Å². The summed E-state index contributed by atoms with van der Waals surface area (Å²) in [7, 11) is 0. The number of carbonyl (C=O) groups is 1. The van der Waals surface area contributed by atoms with Crippen LogP contribution in [0, 0.1) is 5.82 Å². The first-order valence-electron chi connectivity index (χ1n) is 9.43. The van der Waals surface area contributed by atoms with E-state index in [9.17, 15) is 9.18 Å². The Bertz CT molecular complexity index is 1140. The molecule has 4 rings (SSSR count). The van der Waals surface area contributed by atoms with E-state index in [1.165, 1.54) is 29.0 Å². The van der Waals surface area contributed by atoms with Gasteiger partial charge >= 0.3 is 0 Å². The SMILES string of the molecule is O=C(Cc1csc(-c2cccc(F)c2)n1)Nc1ccccc1SCc1ccccc1. The Morgan fingerprint density at radius 1 is 1.00 bits per heavy atom. The number of hydrogen-bond donors (Lipinski definition) is 1. The van der Waals surface area contributed by atoms with Gasteiger partial charge in [-0.1, -0.05) is 54.6 Å². The van der Waals surface area contributed by atoms with Crippen LogP contribution in [0.5, 0.6) is 0 Å². The highest BCUT2D eigenvalue weighted by molar-refractivity contribution is 7.98. The molecule has 3 aromatic carbocycles. The molecule has 0 spiro atoms. The van der Waals surface area contributed by atoms with E-state index < -0.39 is 0 Å². The summed E-state index contributed by atoms with van der Waals surface area (Å²) in [6.45, 7) is 0. The van der Waals surface area contributed by atoms with E-state index in [1.807, 2.05) is 53.9 Å². The summed E-state index contributed by atoms with van der Waals surface area (Å²) in [6, 6.07) is 24.3. The molecule has 150 valence electrons. The van der Waals surface area contributed by atoms with Gasteiger partial charge in [-0.2, -0.15) is 0 Å². The van der Waals surface area contributed by atoms with Crippen LogP contribution in [0.4, 0.5) is 10.1 Å². The van der Waals surface area contributed by atoms with Crippen molar-refractivity contribution in [2.75, 3.05) is 5.32 Å². The largest absolute Gasteiger partial charge is 0.325 e. The van der Waals surface area contributed by atoms with Gasteiger partial charge in [0.05, 0.1) is 17.8 Å². The van der Waals surface area contributed by atoms with E-state index in [4.69, 9.17) is 0 Å². The second-order valence-electron chi connectivity index (χ2n) is 6.65. The van der Waals surface area contributed by atoms with Crippen LogP contribution in [0.15, 0.2) is 89.1 Å². The average Bonchev–Trinajstić information content (AvgIpc) is 3.22. The third-order valence-electron chi connectivity index (χ3n) is 4.36. The molecule has 0 saturated heterocycles. The summed E-state index contributed by atoms with van der Waals surface area (Å²) in [5.41, 5.74) is 3.42. The fourth-order valence-corrected chi connectivity index (χ4v) is 4.71. The zero-order valence-electron chi connectivity index (χ0n) is 16.0. The normalized spacial score (nSPS) is 10.7. The molecule has 0 aliphatic rings. The Balaban J connectivity index is 1.40. The number of halogens is 1. The van der Waals surface area contributed by atoms with Gasteiger partial charge < -0.3 is 5.32 Å². The standard InChI is InChI=1S/C24H19FN2OS2/c25-19-10-6-9-18(13-19)24-26-20(16-30-24)14-23(28)27-21-11-4-5-12-22(21)29-15-17-7-2-1-3-8-17/h1-13,16H,14-15H2,(H,27,28). The lowest BCUT2D eigenvalue weighted by Crippen LogP contribution is -2.15. The van der Waals surface area contributed by atoms with Gasteiger partial charge in [0.2, 0.25) is 5.91 Å². The third kappa shape index (κ3) is 5.34. The summed E-state index contributed by atoms with van der Waals surface area (Å²) in [6.07, 6.45) is 0.170. The van der Waals surface area contributed by atoms with Gasteiger partial charge in [0.1, 0.15) is 10.8 Å². The lowest BCUT2D eigenvalue weighted by Gasteiger charge is -2.10. The number of aromatic nitrogens is 1. The van der Waals surface area contributed by atoms with Crippen molar-refractivity contribution in [1.29, 1.82) is 0 Å². The Morgan fingerprint density at radius 2 is 1.80 bits per heavy atom. The number of thioether (sulfide) groups is 1. The predicted molar refractivity (Wildman–Crippen MR) is 122 cm³/mol. The zero-order chi connectivity index (χ0) is 20.8. The molecule has 6 heteroatoms. The van der Waals surface area contributed by atoms with Crippen LogP contribution in [0.1, 0.15) is 11.3 Å². The molecule has 1 aromatic heterocycles. The minimum atomic E-state index is -0.299. The summed E-state index contributed by atoms with van der Waals surface area (Å²) in [5, 5.41) is 5.55. The molecule has 0 aliphatic carbocycles. The molecule has 30 heavy (non-hydrogen) atoms. The maximum absolute atomic E-state index is 13.4. The molecule has 0 unspecified atom stereocenters. The second-order valence-corrected chi connectivity index (χ2v) is 8.53. The first kappa shape index (κ1) is 20.3. The van der Waals surface area contributed by atoms with Gasteiger partial charge in [0.15, 0.2) is 0 Å². The van der Waals surface area contributed by atoms with Crippen molar-refractivity contribution in [2.24, 2.45) is 0 Å². The van der Waals surface area contributed by atoms with Crippen LogP contribution < -0.4 is 5.32 Å². The predicted octanol–water partition coefficient (Wildman–Crippen LogP) is 6.42. The van der Waals surface area contributed by atoms with Crippen LogP contribution in [0.3, 0.4) is 0 Å². The number of rotatable bonds is 7. The van der Waals surface area contributed by atoms with Gasteiger partial charge in [-0.25, -0.2) is 9.37 Å². The number of benzene rings is 3. The van der Waals surface area contributed by atoms with E-state index >= 15 is 0 Å². The van der Waals surface area contributed by atoms with Crippen LogP contribution in [-0.4, -0.2) is 10.9 Å². The summed E-state index contributed by atoms with van der Waals surface area (Å²) in [4.78, 5) is 18.1. The first-order valence-corrected chi connectivity index (χ1v) is 11.3. The smallest absolute Gasteiger partial charge is 0.230 e. The summed E-state index contributed by atoms with van der Waals surface area (Å²) < 4.78 is 13.4. The lowest BCUT2D eigenvalue weighted by molar-refractivity contribution is -0.115. The molecule has 0 fully saturated rings. The molecule has 0 aliphatic heterocycles. The van der Waals surface area contributed by atoms with Crippen molar-refractivity contribution >= 4 is 34.7 Å². The highest BCUT2D eigenvalue weighted by Gasteiger charge is 2.12. The average molecular weight is 435 g/mol. The molecule has 4 aromatic rings. The van der Waals surface area contributed by atoms with Crippen molar-refractivity contribution in [3.63, 3.8) is 0 Å². The first-order chi connectivity index (χ1) is 14.7. The second kappa shape index (κ2) is 9.69. The van der Waals surface area contributed by atoms with E-state index in [0.29, 0.717) is 16.3 Å². The van der Waals surface area contributed by atoms with Crippen molar-refractivity contribution in [3.8, 4) is 10.6 Å².